The van der Waals surface area contributed by atoms with Crippen molar-refractivity contribution in [3.63, 3.8) is 0 Å². The zero-order valence-electron chi connectivity index (χ0n) is 14.6. The number of carbonyl (C=O) groups excluding carboxylic acids is 1. The molecule has 1 aromatic carbocycles. The highest BCUT2D eigenvalue weighted by molar-refractivity contribution is 6.03. The SMILES string of the molecule is CC(c1c(F)cccc1F)n1cc(NC(=O)c2cc(-c3ccco3)on2)cn1. The lowest BCUT2D eigenvalue weighted by atomic mass is 10.1. The molecular formula is C19H14F2N4O3. The Morgan fingerprint density at radius 2 is 1.96 bits per heavy atom. The molecule has 0 fully saturated rings. The van der Waals surface area contributed by atoms with E-state index < -0.39 is 23.6 Å². The van der Waals surface area contributed by atoms with E-state index in [-0.39, 0.29) is 11.3 Å². The van der Waals surface area contributed by atoms with Crippen LogP contribution in [-0.2, 0) is 0 Å². The van der Waals surface area contributed by atoms with Gasteiger partial charge in [-0.05, 0) is 31.2 Å². The van der Waals surface area contributed by atoms with E-state index in [0.717, 1.165) is 0 Å². The van der Waals surface area contributed by atoms with Crippen LogP contribution in [0.5, 0.6) is 0 Å². The van der Waals surface area contributed by atoms with Gasteiger partial charge in [-0.3, -0.25) is 9.48 Å². The zero-order valence-corrected chi connectivity index (χ0v) is 14.6. The Morgan fingerprint density at radius 3 is 2.68 bits per heavy atom. The van der Waals surface area contributed by atoms with Crippen LogP contribution in [0.1, 0.15) is 29.0 Å². The second-order valence-electron chi connectivity index (χ2n) is 6.03. The monoisotopic (exact) mass is 384 g/mol. The number of amides is 1. The van der Waals surface area contributed by atoms with Gasteiger partial charge in [0.15, 0.2) is 11.5 Å². The topological polar surface area (TPSA) is 86.1 Å². The van der Waals surface area contributed by atoms with Crippen LogP contribution in [0.2, 0.25) is 0 Å². The van der Waals surface area contributed by atoms with Crippen molar-refractivity contribution in [3.05, 3.63) is 77.9 Å². The van der Waals surface area contributed by atoms with Crippen molar-refractivity contribution in [2.24, 2.45) is 0 Å². The lowest BCUT2D eigenvalue weighted by Gasteiger charge is -2.14. The number of anilines is 1. The summed E-state index contributed by atoms with van der Waals surface area (Å²) in [5, 5.41) is 10.4. The van der Waals surface area contributed by atoms with E-state index in [4.69, 9.17) is 8.94 Å². The van der Waals surface area contributed by atoms with Gasteiger partial charge in [-0.25, -0.2) is 8.78 Å². The van der Waals surface area contributed by atoms with Crippen LogP contribution in [0.3, 0.4) is 0 Å². The molecule has 142 valence electrons. The normalized spacial score (nSPS) is 12.1. The van der Waals surface area contributed by atoms with Gasteiger partial charge in [-0.1, -0.05) is 11.2 Å². The molecule has 0 bridgehead atoms. The predicted molar refractivity (Wildman–Crippen MR) is 94.6 cm³/mol. The van der Waals surface area contributed by atoms with Gasteiger partial charge in [0.2, 0.25) is 5.76 Å². The molecule has 1 unspecified atom stereocenters. The van der Waals surface area contributed by atoms with Gasteiger partial charge in [0.25, 0.3) is 5.91 Å². The lowest BCUT2D eigenvalue weighted by Crippen LogP contribution is -2.13. The number of carbonyl (C=O) groups is 1. The smallest absolute Gasteiger partial charge is 0.277 e. The first-order valence-electron chi connectivity index (χ1n) is 8.33. The molecule has 1 atom stereocenters. The summed E-state index contributed by atoms with van der Waals surface area (Å²) in [7, 11) is 0. The summed E-state index contributed by atoms with van der Waals surface area (Å²) in [4.78, 5) is 12.3. The molecule has 0 saturated carbocycles. The average Bonchev–Trinajstić information content (AvgIpc) is 3.42. The van der Waals surface area contributed by atoms with Crippen LogP contribution < -0.4 is 5.32 Å². The van der Waals surface area contributed by atoms with Crippen molar-refractivity contribution < 1.29 is 22.5 Å². The first-order valence-corrected chi connectivity index (χ1v) is 8.33. The number of nitrogens with one attached hydrogen (secondary N) is 1. The highest BCUT2D eigenvalue weighted by atomic mass is 19.1. The third-order valence-electron chi connectivity index (χ3n) is 4.18. The highest BCUT2D eigenvalue weighted by Crippen LogP contribution is 2.25. The molecule has 0 aliphatic carbocycles. The molecule has 3 aromatic heterocycles. The molecular weight excluding hydrogens is 370 g/mol. The molecule has 0 aliphatic heterocycles. The van der Waals surface area contributed by atoms with E-state index in [0.29, 0.717) is 17.2 Å². The third kappa shape index (κ3) is 3.29. The van der Waals surface area contributed by atoms with Crippen LogP contribution in [0.25, 0.3) is 11.5 Å². The minimum Gasteiger partial charge on any atom is -0.461 e. The Balaban J connectivity index is 1.50. The maximum Gasteiger partial charge on any atom is 0.277 e. The Morgan fingerprint density at radius 1 is 1.18 bits per heavy atom. The second-order valence-corrected chi connectivity index (χ2v) is 6.03. The Kier molecular flexibility index (Phi) is 4.48. The number of furan rings is 1. The molecule has 1 amide bonds. The summed E-state index contributed by atoms with van der Waals surface area (Å²) in [6, 6.07) is 7.76. The minimum absolute atomic E-state index is 0.0485. The van der Waals surface area contributed by atoms with Crippen LogP contribution in [0, 0.1) is 11.6 Å². The maximum absolute atomic E-state index is 14.0. The number of nitrogens with zero attached hydrogens (tertiary/aromatic N) is 3. The Hall–Kier alpha value is -3.75. The van der Waals surface area contributed by atoms with Crippen molar-refractivity contribution in [1.29, 1.82) is 0 Å². The molecule has 4 aromatic rings. The minimum atomic E-state index is -0.704. The predicted octanol–water partition coefficient (Wildman–Crippen LogP) is 4.27. The highest BCUT2D eigenvalue weighted by Gasteiger charge is 2.20. The van der Waals surface area contributed by atoms with Crippen molar-refractivity contribution in [2.75, 3.05) is 5.32 Å². The van der Waals surface area contributed by atoms with Crippen molar-refractivity contribution in [3.8, 4) is 11.5 Å². The summed E-state index contributed by atoms with van der Waals surface area (Å²) in [5.74, 6) is -1.09. The van der Waals surface area contributed by atoms with Gasteiger partial charge in [0.05, 0.1) is 24.2 Å². The van der Waals surface area contributed by atoms with Gasteiger partial charge in [-0.2, -0.15) is 5.10 Å². The molecule has 28 heavy (non-hydrogen) atoms. The summed E-state index contributed by atoms with van der Waals surface area (Å²) >= 11 is 0. The first-order chi connectivity index (χ1) is 13.5. The van der Waals surface area contributed by atoms with E-state index in [1.807, 2.05) is 0 Å². The van der Waals surface area contributed by atoms with E-state index in [2.05, 4.69) is 15.6 Å². The summed E-state index contributed by atoms with van der Waals surface area (Å²) in [5.41, 5.74) is 0.284. The van der Waals surface area contributed by atoms with Gasteiger partial charge >= 0.3 is 0 Å². The van der Waals surface area contributed by atoms with Crippen LogP contribution >= 0.6 is 0 Å². The first kappa shape index (κ1) is 17.7. The van der Waals surface area contributed by atoms with Crippen molar-refractivity contribution >= 4 is 11.6 Å². The van der Waals surface area contributed by atoms with E-state index >= 15 is 0 Å². The molecule has 1 N–H and O–H groups in total. The van der Waals surface area contributed by atoms with Crippen molar-refractivity contribution in [1.82, 2.24) is 14.9 Å². The van der Waals surface area contributed by atoms with Gasteiger partial charge in [0, 0.05) is 17.8 Å². The number of aromatic nitrogens is 3. The van der Waals surface area contributed by atoms with E-state index in [9.17, 15) is 13.6 Å². The molecule has 7 nitrogen and oxygen atoms in total. The molecule has 0 aliphatic rings. The van der Waals surface area contributed by atoms with Gasteiger partial charge in [0.1, 0.15) is 11.6 Å². The van der Waals surface area contributed by atoms with E-state index in [1.165, 1.54) is 47.6 Å². The molecule has 0 saturated heterocycles. The number of rotatable bonds is 5. The summed E-state index contributed by atoms with van der Waals surface area (Å²) in [6.45, 7) is 1.60. The third-order valence-corrected chi connectivity index (χ3v) is 4.18. The molecule has 3 heterocycles. The Labute approximate surface area is 157 Å². The van der Waals surface area contributed by atoms with Crippen LogP contribution in [0.15, 0.2) is 64.0 Å². The van der Waals surface area contributed by atoms with Crippen LogP contribution in [-0.4, -0.2) is 20.8 Å². The maximum atomic E-state index is 14.0. The fourth-order valence-corrected chi connectivity index (χ4v) is 2.77. The number of halogens is 2. The quantitative estimate of drug-likeness (QED) is 0.555. The Bertz CT molecular complexity index is 1100. The molecule has 0 radical (unpaired) electrons. The number of hydrogen-bond acceptors (Lipinski definition) is 5. The molecule has 0 spiro atoms. The number of benzene rings is 1. The summed E-state index contributed by atoms with van der Waals surface area (Å²) in [6.07, 6.45) is 4.33. The average molecular weight is 384 g/mol. The largest absolute Gasteiger partial charge is 0.461 e. The van der Waals surface area contributed by atoms with Gasteiger partial charge in [-0.15, -0.1) is 0 Å². The standard InChI is InChI=1S/C19H14F2N4O3/c1-11(18-13(20)4-2-5-14(18)21)25-10-12(9-22-25)23-19(26)15-8-17(28-24-15)16-6-3-7-27-16/h2-11H,1H3,(H,23,26). The number of hydrogen-bond donors (Lipinski definition) is 1. The van der Waals surface area contributed by atoms with Crippen molar-refractivity contribution in [2.45, 2.75) is 13.0 Å². The molecule has 4 rings (SSSR count). The fraction of sp³-hybridized carbons (Fsp3) is 0.105. The zero-order chi connectivity index (χ0) is 19.7. The van der Waals surface area contributed by atoms with E-state index in [1.54, 1.807) is 19.1 Å². The second kappa shape index (κ2) is 7.10. The summed E-state index contributed by atoms with van der Waals surface area (Å²) < 4.78 is 39.6. The molecule has 9 heteroatoms. The van der Waals surface area contributed by atoms with Crippen LogP contribution in [0.4, 0.5) is 14.5 Å². The van der Waals surface area contributed by atoms with Gasteiger partial charge < -0.3 is 14.3 Å². The lowest BCUT2D eigenvalue weighted by molar-refractivity contribution is 0.101. The fourth-order valence-electron chi connectivity index (χ4n) is 2.77.